The molecule has 0 amide bonds. The molecule has 0 radical (unpaired) electrons. The highest BCUT2D eigenvalue weighted by Crippen LogP contribution is 2.30. The van der Waals surface area contributed by atoms with Gasteiger partial charge in [-0.1, -0.05) is 13.0 Å². The first-order valence-corrected chi connectivity index (χ1v) is 8.00. The average molecular weight is 296 g/mol. The minimum atomic E-state index is 0.442. The number of aromatic nitrogens is 1. The molecule has 2 aromatic rings. The zero-order valence-corrected chi connectivity index (χ0v) is 13.4. The van der Waals surface area contributed by atoms with E-state index in [0.29, 0.717) is 17.9 Å². The second-order valence-electron chi connectivity index (χ2n) is 6.20. The van der Waals surface area contributed by atoms with Crippen molar-refractivity contribution in [1.82, 2.24) is 10.3 Å². The van der Waals surface area contributed by atoms with Crippen LogP contribution in [0.2, 0.25) is 0 Å². The first kappa shape index (κ1) is 15.0. The molecule has 3 atom stereocenters. The fourth-order valence-corrected chi connectivity index (χ4v) is 3.63. The van der Waals surface area contributed by atoms with E-state index in [1.165, 1.54) is 17.4 Å². The molecular weight excluding hydrogens is 272 g/mol. The number of pyridine rings is 1. The molecule has 1 fully saturated rings. The van der Waals surface area contributed by atoms with Crippen LogP contribution in [-0.2, 0) is 6.42 Å². The van der Waals surface area contributed by atoms with Crippen molar-refractivity contribution >= 4 is 10.9 Å². The Morgan fingerprint density at radius 3 is 3.09 bits per heavy atom. The molecule has 0 bridgehead atoms. The topological polar surface area (TPSA) is 34.2 Å². The summed E-state index contributed by atoms with van der Waals surface area (Å²) in [6, 6.07) is 8.69. The molecule has 2 heterocycles. The predicted octanol–water partition coefficient (Wildman–Crippen LogP) is 3.59. The summed E-state index contributed by atoms with van der Waals surface area (Å²) >= 11 is 0. The molecule has 1 aromatic heterocycles. The summed E-state index contributed by atoms with van der Waals surface area (Å²) in [7, 11) is 1.71. The summed E-state index contributed by atoms with van der Waals surface area (Å²) < 4.78 is 5.37. The van der Waals surface area contributed by atoms with Crippen molar-refractivity contribution in [3.05, 3.63) is 48.7 Å². The summed E-state index contributed by atoms with van der Waals surface area (Å²) in [6.07, 6.45) is 6.25. The second kappa shape index (κ2) is 6.49. The summed E-state index contributed by atoms with van der Waals surface area (Å²) in [5.41, 5.74) is 2.39. The van der Waals surface area contributed by atoms with Gasteiger partial charge >= 0.3 is 0 Å². The molecule has 0 spiro atoms. The lowest BCUT2D eigenvalue weighted by molar-refractivity contribution is 0.349. The number of methoxy groups -OCH3 is 1. The molecule has 1 aliphatic heterocycles. The minimum absolute atomic E-state index is 0.442. The summed E-state index contributed by atoms with van der Waals surface area (Å²) in [5.74, 6) is 2.15. The van der Waals surface area contributed by atoms with Crippen LogP contribution in [0.4, 0.5) is 0 Å². The van der Waals surface area contributed by atoms with Gasteiger partial charge in [0.2, 0.25) is 0 Å². The molecule has 3 unspecified atom stereocenters. The molecule has 116 valence electrons. The summed E-state index contributed by atoms with van der Waals surface area (Å²) in [5, 5.41) is 4.73. The van der Waals surface area contributed by atoms with Crippen molar-refractivity contribution in [3.8, 4) is 5.75 Å². The van der Waals surface area contributed by atoms with Crippen molar-refractivity contribution < 1.29 is 4.74 Å². The van der Waals surface area contributed by atoms with Gasteiger partial charge in [-0.25, -0.2) is 0 Å². The van der Waals surface area contributed by atoms with Gasteiger partial charge in [-0.05, 0) is 61.1 Å². The Balaban J connectivity index is 1.88. The summed E-state index contributed by atoms with van der Waals surface area (Å²) in [6.45, 7) is 7.41. The standard InChI is InChI=1S/C19H24N2O/c1-4-18-16(8-10-20-18)13(2)11-14-7-9-21-19-6-5-15(22-3)12-17(14)19/h4-7,9,12-13,16,18,20H,1,8,10-11H2,2-3H3. The molecule has 0 saturated carbocycles. The fourth-order valence-electron chi connectivity index (χ4n) is 3.63. The first-order valence-electron chi connectivity index (χ1n) is 8.00. The average Bonchev–Trinajstić information content (AvgIpc) is 3.03. The van der Waals surface area contributed by atoms with Gasteiger partial charge in [-0.2, -0.15) is 0 Å². The van der Waals surface area contributed by atoms with Crippen molar-refractivity contribution in [3.63, 3.8) is 0 Å². The molecule has 0 aliphatic carbocycles. The molecule has 3 heteroatoms. The number of nitrogens with one attached hydrogen (secondary N) is 1. The van der Waals surface area contributed by atoms with Gasteiger partial charge in [0.1, 0.15) is 5.75 Å². The third kappa shape index (κ3) is 2.86. The molecule has 1 aliphatic rings. The fraction of sp³-hybridized carbons (Fsp3) is 0.421. The lowest BCUT2D eigenvalue weighted by atomic mass is 9.83. The second-order valence-corrected chi connectivity index (χ2v) is 6.20. The van der Waals surface area contributed by atoms with Crippen LogP contribution in [-0.4, -0.2) is 24.7 Å². The Morgan fingerprint density at radius 2 is 2.32 bits per heavy atom. The monoisotopic (exact) mass is 296 g/mol. The van der Waals surface area contributed by atoms with Gasteiger partial charge < -0.3 is 10.1 Å². The number of benzene rings is 1. The Kier molecular flexibility index (Phi) is 4.44. The number of rotatable bonds is 5. The van der Waals surface area contributed by atoms with Crippen LogP contribution >= 0.6 is 0 Å². The number of hydrogen-bond donors (Lipinski definition) is 1. The van der Waals surface area contributed by atoms with Crippen LogP contribution in [0.25, 0.3) is 10.9 Å². The van der Waals surface area contributed by atoms with Crippen molar-refractivity contribution in [1.29, 1.82) is 0 Å². The number of ether oxygens (including phenoxy) is 1. The maximum atomic E-state index is 5.37. The van der Waals surface area contributed by atoms with Crippen LogP contribution < -0.4 is 10.1 Å². The van der Waals surface area contributed by atoms with E-state index in [-0.39, 0.29) is 0 Å². The number of nitrogens with zero attached hydrogens (tertiary/aromatic N) is 1. The lowest BCUT2D eigenvalue weighted by Gasteiger charge is -2.24. The maximum Gasteiger partial charge on any atom is 0.119 e. The quantitative estimate of drug-likeness (QED) is 0.856. The molecule has 1 aromatic carbocycles. The number of hydrogen-bond acceptors (Lipinski definition) is 3. The molecule has 22 heavy (non-hydrogen) atoms. The van der Waals surface area contributed by atoms with E-state index in [4.69, 9.17) is 4.74 Å². The van der Waals surface area contributed by atoms with Gasteiger partial charge in [0.05, 0.1) is 12.6 Å². The van der Waals surface area contributed by atoms with E-state index in [1.807, 2.05) is 18.3 Å². The van der Waals surface area contributed by atoms with Gasteiger partial charge in [0.25, 0.3) is 0 Å². The van der Waals surface area contributed by atoms with Gasteiger partial charge in [-0.3, -0.25) is 4.98 Å². The highest BCUT2D eigenvalue weighted by Gasteiger charge is 2.29. The third-order valence-electron chi connectivity index (χ3n) is 4.88. The largest absolute Gasteiger partial charge is 0.497 e. The van der Waals surface area contributed by atoms with Crippen molar-refractivity contribution in [2.45, 2.75) is 25.8 Å². The highest BCUT2D eigenvalue weighted by molar-refractivity contribution is 5.83. The van der Waals surface area contributed by atoms with E-state index in [2.05, 4.69) is 42.0 Å². The normalized spacial score (nSPS) is 22.6. The highest BCUT2D eigenvalue weighted by atomic mass is 16.5. The van der Waals surface area contributed by atoms with Crippen LogP contribution in [0.1, 0.15) is 18.9 Å². The molecule has 3 nitrogen and oxygen atoms in total. The Morgan fingerprint density at radius 1 is 1.45 bits per heavy atom. The van der Waals surface area contributed by atoms with E-state index < -0.39 is 0 Å². The Hall–Kier alpha value is -1.87. The van der Waals surface area contributed by atoms with Gasteiger partial charge in [-0.15, -0.1) is 6.58 Å². The lowest BCUT2D eigenvalue weighted by Crippen LogP contribution is -2.28. The van der Waals surface area contributed by atoms with E-state index >= 15 is 0 Å². The number of fused-ring (bicyclic) bond motifs is 1. The van der Waals surface area contributed by atoms with Crippen molar-refractivity contribution in [2.75, 3.05) is 13.7 Å². The van der Waals surface area contributed by atoms with E-state index in [9.17, 15) is 0 Å². The molecule has 3 rings (SSSR count). The summed E-state index contributed by atoms with van der Waals surface area (Å²) in [4.78, 5) is 4.47. The van der Waals surface area contributed by atoms with Gasteiger partial charge in [0, 0.05) is 17.6 Å². The zero-order valence-electron chi connectivity index (χ0n) is 13.4. The van der Waals surface area contributed by atoms with Crippen LogP contribution in [0.3, 0.4) is 0 Å². The molecule has 1 saturated heterocycles. The molecule has 1 N–H and O–H groups in total. The van der Waals surface area contributed by atoms with Crippen LogP contribution in [0.5, 0.6) is 5.75 Å². The smallest absolute Gasteiger partial charge is 0.119 e. The van der Waals surface area contributed by atoms with Crippen LogP contribution in [0, 0.1) is 11.8 Å². The Bertz CT molecular complexity index is 668. The van der Waals surface area contributed by atoms with Gasteiger partial charge in [0.15, 0.2) is 0 Å². The minimum Gasteiger partial charge on any atom is -0.497 e. The first-order chi connectivity index (χ1) is 10.7. The van der Waals surface area contributed by atoms with Crippen LogP contribution in [0.15, 0.2) is 43.1 Å². The zero-order chi connectivity index (χ0) is 15.5. The van der Waals surface area contributed by atoms with E-state index in [1.54, 1.807) is 7.11 Å². The Labute approximate surface area is 132 Å². The third-order valence-corrected chi connectivity index (χ3v) is 4.88. The maximum absolute atomic E-state index is 5.37. The SMILES string of the molecule is C=CC1NCCC1C(C)Cc1ccnc2ccc(OC)cc12. The predicted molar refractivity (Wildman–Crippen MR) is 91.3 cm³/mol. The van der Waals surface area contributed by atoms with Crippen molar-refractivity contribution in [2.24, 2.45) is 11.8 Å². The molecular formula is C19H24N2O. The van der Waals surface area contributed by atoms with E-state index in [0.717, 1.165) is 24.2 Å².